The first-order chi connectivity index (χ1) is 17.4. The van der Waals surface area contributed by atoms with Crippen LogP contribution in [0, 0.1) is 13.8 Å². The average Bonchev–Trinajstić information content (AvgIpc) is 3.34. The molecule has 0 atom stereocenters. The van der Waals surface area contributed by atoms with Crippen molar-refractivity contribution >= 4 is 17.5 Å². The molecule has 2 rings (SSSR count). The van der Waals surface area contributed by atoms with Gasteiger partial charge in [0.2, 0.25) is 0 Å². The summed E-state index contributed by atoms with van der Waals surface area (Å²) in [4.78, 5) is 25.0. The van der Waals surface area contributed by atoms with Crippen LogP contribution in [0.3, 0.4) is 0 Å². The summed E-state index contributed by atoms with van der Waals surface area (Å²) >= 11 is 0. The fourth-order valence-electron chi connectivity index (χ4n) is 5.32. The molecule has 0 N–H and O–H groups in total. The number of hydrogen-bond acceptors (Lipinski definition) is 4. The molecule has 0 aliphatic carbocycles. The molecule has 2 heterocycles. The molecule has 36 heavy (non-hydrogen) atoms. The Kier molecular flexibility index (Phi) is 13.9. The molecule has 0 unspecified atom stereocenters. The minimum atomic E-state index is -0.544. The van der Waals surface area contributed by atoms with E-state index in [9.17, 15) is 9.59 Å². The predicted molar refractivity (Wildman–Crippen MR) is 149 cm³/mol. The van der Waals surface area contributed by atoms with Crippen LogP contribution in [-0.4, -0.2) is 11.9 Å². The lowest BCUT2D eigenvalue weighted by Crippen LogP contribution is -2.01. The molecular weight excluding hydrogens is 448 g/mol. The van der Waals surface area contributed by atoms with E-state index in [4.69, 9.17) is 9.15 Å². The Hall–Kier alpha value is -2.10. The normalized spacial score (nSPS) is 16.6. The molecule has 202 valence electrons. The second-order valence-electron chi connectivity index (χ2n) is 10.7. The lowest BCUT2D eigenvalue weighted by atomic mass is 9.92. The summed E-state index contributed by atoms with van der Waals surface area (Å²) in [6.07, 6.45) is 22.2. The quantitative estimate of drug-likeness (QED) is 0.0874. The number of ether oxygens (including phenoxy) is 1. The number of carbonyl (C=O) groups excluding carboxylic acids is 2. The van der Waals surface area contributed by atoms with Crippen LogP contribution in [0.25, 0.3) is 5.57 Å². The average molecular weight is 499 g/mol. The van der Waals surface area contributed by atoms with E-state index in [1.54, 1.807) is 0 Å². The zero-order valence-electron chi connectivity index (χ0n) is 23.7. The number of esters is 2. The highest BCUT2D eigenvalue weighted by atomic mass is 16.6. The van der Waals surface area contributed by atoms with Crippen LogP contribution >= 0.6 is 0 Å². The first-order valence-electron chi connectivity index (χ1n) is 14.6. The van der Waals surface area contributed by atoms with Gasteiger partial charge in [-0.2, -0.15) is 0 Å². The fraction of sp³-hybridized carbons (Fsp3) is 0.688. The molecule has 0 amide bonds. The van der Waals surface area contributed by atoms with E-state index in [2.05, 4.69) is 6.92 Å². The van der Waals surface area contributed by atoms with Crippen molar-refractivity contribution in [3.63, 3.8) is 0 Å². The van der Waals surface area contributed by atoms with E-state index in [0.29, 0.717) is 11.1 Å². The van der Waals surface area contributed by atoms with Crippen LogP contribution in [0.5, 0.6) is 0 Å². The summed E-state index contributed by atoms with van der Waals surface area (Å²) in [5.74, 6) is 0.480. The van der Waals surface area contributed by atoms with Crippen LogP contribution in [0.2, 0.25) is 0 Å². The Labute approximate surface area is 219 Å². The summed E-state index contributed by atoms with van der Waals surface area (Å²) in [6, 6.07) is 1.91. The lowest BCUT2D eigenvalue weighted by Gasteiger charge is -2.08. The van der Waals surface area contributed by atoms with Crippen molar-refractivity contribution in [3.8, 4) is 0 Å². The molecular formula is C32H50O4. The van der Waals surface area contributed by atoms with Crippen molar-refractivity contribution in [1.29, 1.82) is 0 Å². The van der Waals surface area contributed by atoms with Gasteiger partial charge in [-0.25, -0.2) is 9.59 Å². The van der Waals surface area contributed by atoms with Gasteiger partial charge in [0.1, 0.15) is 11.5 Å². The number of unbranched alkanes of at least 4 members (excludes halogenated alkanes) is 15. The molecule has 0 saturated carbocycles. The van der Waals surface area contributed by atoms with Crippen molar-refractivity contribution in [3.05, 3.63) is 39.9 Å². The zero-order valence-corrected chi connectivity index (χ0v) is 23.7. The van der Waals surface area contributed by atoms with Crippen LogP contribution in [0.1, 0.15) is 147 Å². The first kappa shape index (κ1) is 30.1. The lowest BCUT2D eigenvalue weighted by molar-refractivity contribution is -0.149. The summed E-state index contributed by atoms with van der Waals surface area (Å²) < 4.78 is 10.6. The van der Waals surface area contributed by atoms with Gasteiger partial charge in [0.05, 0.1) is 11.1 Å². The number of hydrogen-bond donors (Lipinski definition) is 0. The van der Waals surface area contributed by atoms with Crippen molar-refractivity contribution in [2.45, 2.75) is 144 Å². The minimum absolute atomic E-state index is 0.401. The van der Waals surface area contributed by atoms with Crippen LogP contribution in [-0.2, 0) is 14.3 Å². The molecule has 0 bridgehead atoms. The monoisotopic (exact) mass is 498 g/mol. The van der Waals surface area contributed by atoms with Gasteiger partial charge in [0.15, 0.2) is 0 Å². The Morgan fingerprint density at radius 3 is 1.56 bits per heavy atom. The second kappa shape index (κ2) is 16.6. The highest BCUT2D eigenvalue weighted by Crippen LogP contribution is 2.35. The SMILES string of the molecule is CCCCCCCCCCCCCCCCCCC(C)=C1C(=O)OC(=O)C1=C(C)c1cc(C)oc1C. The second-order valence-corrected chi connectivity index (χ2v) is 10.7. The maximum atomic E-state index is 12.5. The van der Waals surface area contributed by atoms with Crippen LogP contribution < -0.4 is 0 Å². The van der Waals surface area contributed by atoms with E-state index < -0.39 is 11.9 Å². The van der Waals surface area contributed by atoms with Gasteiger partial charge in [0, 0.05) is 5.56 Å². The number of aryl methyl sites for hydroxylation is 2. The van der Waals surface area contributed by atoms with Crippen molar-refractivity contribution in [2.24, 2.45) is 0 Å². The molecule has 1 aliphatic heterocycles. The molecule has 0 aromatic carbocycles. The van der Waals surface area contributed by atoms with E-state index >= 15 is 0 Å². The van der Waals surface area contributed by atoms with Gasteiger partial charge >= 0.3 is 11.9 Å². The topological polar surface area (TPSA) is 56.5 Å². The first-order valence-corrected chi connectivity index (χ1v) is 14.6. The third kappa shape index (κ3) is 9.75. The smallest absolute Gasteiger partial charge is 0.347 e. The Balaban J connectivity index is 1.65. The fourth-order valence-corrected chi connectivity index (χ4v) is 5.32. The highest BCUT2D eigenvalue weighted by molar-refractivity contribution is 6.22. The standard InChI is InChI=1S/C32H50O4/c1-6-7-8-9-10-11-12-13-14-15-16-17-18-19-20-21-22-24(2)29-30(32(34)36-31(29)33)26(4)28-23-25(3)35-27(28)5/h23H,6-22H2,1-5H3. The number of carbonyl (C=O) groups is 2. The van der Waals surface area contributed by atoms with Gasteiger partial charge in [-0.05, 0) is 52.2 Å². The van der Waals surface area contributed by atoms with Crippen LogP contribution in [0.4, 0.5) is 0 Å². The maximum absolute atomic E-state index is 12.5. The summed E-state index contributed by atoms with van der Waals surface area (Å²) in [6.45, 7) is 9.86. The largest absolute Gasteiger partial charge is 0.466 e. The molecule has 1 fully saturated rings. The third-order valence-corrected chi connectivity index (χ3v) is 7.50. The molecule has 0 radical (unpaired) electrons. The van der Waals surface area contributed by atoms with Crippen molar-refractivity contribution in [1.82, 2.24) is 0 Å². The number of allylic oxidation sites excluding steroid dienone is 2. The molecule has 1 saturated heterocycles. The molecule has 0 spiro atoms. The van der Waals surface area contributed by atoms with E-state index in [1.165, 1.54) is 89.9 Å². The van der Waals surface area contributed by atoms with E-state index in [0.717, 1.165) is 47.5 Å². The molecule has 4 heteroatoms. The Morgan fingerprint density at radius 1 is 0.667 bits per heavy atom. The van der Waals surface area contributed by atoms with Gasteiger partial charge in [0.25, 0.3) is 0 Å². The summed E-state index contributed by atoms with van der Waals surface area (Å²) in [5.41, 5.74) is 3.42. The number of furan rings is 1. The zero-order chi connectivity index (χ0) is 26.3. The van der Waals surface area contributed by atoms with Gasteiger partial charge < -0.3 is 9.15 Å². The number of rotatable bonds is 18. The minimum Gasteiger partial charge on any atom is -0.466 e. The Bertz CT molecular complexity index is 899. The summed E-state index contributed by atoms with van der Waals surface area (Å²) in [5, 5.41) is 0. The van der Waals surface area contributed by atoms with E-state index in [-0.39, 0.29) is 0 Å². The molecule has 4 nitrogen and oxygen atoms in total. The van der Waals surface area contributed by atoms with Crippen molar-refractivity contribution in [2.75, 3.05) is 0 Å². The van der Waals surface area contributed by atoms with Crippen molar-refractivity contribution < 1.29 is 18.7 Å². The molecule has 1 aliphatic rings. The van der Waals surface area contributed by atoms with Gasteiger partial charge in [-0.3, -0.25) is 0 Å². The number of cyclic esters (lactones) is 2. The molecule has 1 aromatic heterocycles. The molecule has 1 aromatic rings. The maximum Gasteiger partial charge on any atom is 0.347 e. The summed E-state index contributed by atoms with van der Waals surface area (Å²) in [7, 11) is 0. The third-order valence-electron chi connectivity index (χ3n) is 7.50. The van der Waals surface area contributed by atoms with Gasteiger partial charge in [-0.15, -0.1) is 0 Å². The van der Waals surface area contributed by atoms with Gasteiger partial charge in [-0.1, -0.05) is 109 Å². The van der Waals surface area contributed by atoms with E-state index in [1.807, 2.05) is 33.8 Å². The highest BCUT2D eigenvalue weighted by Gasteiger charge is 2.37. The van der Waals surface area contributed by atoms with Crippen LogP contribution in [0.15, 0.2) is 27.2 Å². The Morgan fingerprint density at radius 2 is 1.11 bits per heavy atom. The predicted octanol–water partition coefficient (Wildman–Crippen LogP) is 9.72.